The highest BCUT2D eigenvalue weighted by Crippen LogP contribution is 2.27. The van der Waals surface area contributed by atoms with E-state index in [1.54, 1.807) is 5.70 Å². The molecule has 0 bridgehead atoms. The molecule has 0 unspecified atom stereocenters. The van der Waals surface area contributed by atoms with Crippen LogP contribution >= 0.6 is 0 Å². The second-order valence-electron chi connectivity index (χ2n) is 4.88. The van der Waals surface area contributed by atoms with Crippen molar-refractivity contribution in [3.63, 3.8) is 0 Å². The maximum atomic E-state index is 2.59. The van der Waals surface area contributed by atoms with E-state index >= 15 is 0 Å². The quantitative estimate of drug-likeness (QED) is 0.690. The van der Waals surface area contributed by atoms with Gasteiger partial charge in [-0.25, -0.2) is 0 Å². The molecule has 1 aliphatic carbocycles. The first kappa shape index (κ1) is 9.95. The number of benzene rings is 1. The predicted molar refractivity (Wildman–Crippen MR) is 68.2 cm³/mol. The van der Waals surface area contributed by atoms with Crippen LogP contribution in [0, 0.1) is 0 Å². The molecule has 1 heterocycles. The topological polar surface area (TPSA) is 3.24 Å². The van der Waals surface area contributed by atoms with Crippen LogP contribution in [-0.2, 0) is 6.42 Å². The molecule has 3 rings (SSSR count). The minimum absolute atomic E-state index is 1.24. The predicted octanol–water partition coefficient (Wildman–Crippen LogP) is 3.46. The molecule has 0 N–H and O–H groups in total. The second kappa shape index (κ2) is 4.32. The van der Waals surface area contributed by atoms with Crippen LogP contribution in [0.25, 0.3) is 6.08 Å². The zero-order valence-corrected chi connectivity index (χ0v) is 9.78. The highest BCUT2D eigenvalue weighted by molar-refractivity contribution is 5.57. The number of allylic oxidation sites excluding steroid dienone is 1. The summed E-state index contributed by atoms with van der Waals surface area (Å²) in [6, 6.07) is 8.85. The van der Waals surface area contributed by atoms with Gasteiger partial charge in [0.15, 0.2) is 0 Å². The Kier molecular flexibility index (Phi) is 2.69. The molecule has 0 atom stereocenters. The summed E-state index contributed by atoms with van der Waals surface area (Å²) in [6.07, 6.45) is 8.98. The van der Waals surface area contributed by atoms with Crippen LogP contribution in [0.5, 0.6) is 0 Å². The van der Waals surface area contributed by atoms with Crippen molar-refractivity contribution < 1.29 is 0 Å². The highest BCUT2D eigenvalue weighted by Gasteiger charge is 2.16. The van der Waals surface area contributed by atoms with Crippen LogP contribution in [-0.4, -0.2) is 18.0 Å². The van der Waals surface area contributed by atoms with E-state index < -0.39 is 0 Å². The molecule has 1 aliphatic heterocycles. The first-order chi connectivity index (χ1) is 7.93. The summed E-state index contributed by atoms with van der Waals surface area (Å²) in [6.45, 7) is 2.54. The zero-order chi connectivity index (χ0) is 10.8. The van der Waals surface area contributed by atoms with Gasteiger partial charge in [-0.2, -0.15) is 0 Å². The van der Waals surface area contributed by atoms with Crippen molar-refractivity contribution in [2.24, 2.45) is 0 Å². The molecular weight excluding hydrogens is 194 g/mol. The Bertz CT molecular complexity index is 400. The minimum Gasteiger partial charge on any atom is -0.375 e. The van der Waals surface area contributed by atoms with E-state index in [0.717, 1.165) is 0 Å². The maximum Gasteiger partial charge on any atom is 0.0175 e. The Morgan fingerprint density at radius 3 is 2.56 bits per heavy atom. The van der Waals surface area contributed by atoms with Gasteiger partial charge in [-0.1, -0.05) is 24.3 Å². The molecule has 1 aromatic rings. The van der Waals surface area contributed by atoms with Gasteiger partial charge >= 0.3 is 0 Å². The van der Waals surface area contributed by atoms with Crippen molar-refractivity contribution >= 4 is 6.08 Å². The number of nitrogens with zero attached hydrogens (tertiary/aromatic N) is 1. The monoisotopic (exact) mass is 213 g/mol. The average molecular weight is 213 g/mol. The number of hydrogen-bond donors (Lipinski definition) is 0. The number of fused-ring (bicyclic) bond motifs is 1. The first-order valence-corrected chi connectivity index (χ1v) is 6.47. The standard InChI is InChI=1S/C15H19N/c1-2-7-14-12-15(16-10-3-4-11-16)9-5-8-13(14)6-1/h1-2,6-7,12H,3-5,8-11H2. The Morgan fingerprint density at radius 2 is 1.69 bits per heavy atom. The molecule has 1 fully saturated rings. The van der Waals surface area contributed by atoms with Crippen molar-refractivity contribution in [2.75, 3.05) is 13.1 Å². The van der Waals surface area contributed by atoms with E-state index in [2.05, 4.69) is 35.2 Å². The van der Waals surface area contributed by atoms with Gasteiger partial charge < -0.3 is 4.90 Å². The van der Waals surface area contributed by atoms with E-state index in [1.807, 2.05) is 0 Å². The van der Waals surface area contributed by atoms with Gasteiger partial charge in [0.05, 0.1) is 0 Å². The van der Waals surface area contributed by atoms with Crippen LogP contribution in [0.3, 0.4) is 0 Å². The van der Waals surface area contributed by atoms with Crippen molar-refractivity contribution in [3.8, 4) is 0 Å². The van der Waals surface area contributed by atoms with E-state index in [-0.39, 0.29) is 0 Å². The lowest BCUT2D eigenvalue weighted by atomic mass is 10.1. The molecule has 0 radical (unpaired) electrons. The SMILES string of the molecule is C1=C(N2CCCC2)CCCc2ccccc21. The molecule has 84 valence electrons. The normalized spacial score (nSPS) is 20.2. The lowest BCUT2D eigenvalue weighted by Gasteiger charge is -2.20. The van der Waals surface area contributed by atoms with Gasteiger partial charge in [-0.3, -0.25) is 0 Å². The van der Waals surface area contributed by atoms with Gasteiger partial charge in [-0.05, 0) is 49.3 Å². The van der Waals surface area contributed by atoms with Gasteiger partial charge in [-0.15, -0.1) is 0 Å². The highest BCUT2D eigenvalue weighted by atomic mass is 15.1. The van der Waals surface area contributed by atoms with Crippen molar-refractivity contribution in [1.29, 1.82) is 0 Å². The number of aryl methyl sites for hydroxylation is 1. The molecule has 1 aromatic carbocycles. The Morgan fingerprint density at radius 1 is 0.875 bits per heavy atom. The molecule has 0 aromatic heterocycles. The molecule has 1 nitrogen and oxygen atoms in total. The molecule has 2 aliphatic rings. The number of hydrogen-bond acceptors (Lipinski definition) is 1. The summed E-state index contributed by atoms with van der Waals surface area (Å²) < 4.78 is 0. The molecular formula is C15H19N. The van der Waals surface area contributed by atoms with Gasteiger partial charge in [0.2, 0.25) is 0 Å². The Balaban J connectivity index is 1.92. The molecule has 0 amide bonds. The summed E-state index contributed by atoms with van der Waals surface area (Å²) in [5.41, 5.74) is 4.54. The third-order valence-electron chi connectivity index (χ3n) is 3.77. The first-order valence-electron chi connectivity index (χ1n) is 6.47. The van der Waals surface area contributed by atoms with Gasteiger partial charge in [0, 0.05) is 18.8 Å². The van der Waals surface area contributed by atoms with Crippen LogP contribution in [0.2, 0.25) is 0 Å². The van der Waals surface area contributed by atoms with E-state index in [9.17, 15) is 0 Å². The van der Waals surface area contributed by atoms with Crippen molar-refractivity contribution in [2.45, 2.75) is 32.1 Å². The van der Waals surface area contributed by atoms with Crippen molar-refractivity contribution in [1.82, 2.24) is 4.90 Å². The number of rotatable bonds is 1. The minimum atomic E-state index is 1.24. The third kappa shape index (κ3) is 1.87. The van der Waals surface area contributed by atoms with Gasteiger partial charge in [0.1, 0.15) is 0 Å². The fraction of sp³-hybridized carbons (Fsp3) is 0.467. The lowest BCUT2D eigenvalue weighted by molar-refractivity contribution is 0.410. The second-order valence-corrected chi connectivity index (χ2v) is 4.88. The van der Waals surface area contributed by atoms with Crippen LogP contribution < -0.4 is 0 Å². The van der Waals surface area contributed by atoms with E-state index in [1.165, 1.54) is 56.3 Å². The average Bonchev–Trinajstić information content (AvgIpc) is 2.75. The number of likely N-dealkylation sites (tertiary alicyclic amines) is 1. The van der Waals surface area contributed by atoms with Crippen LogP contribution in [0.15, 0.2) is 30.0 Å². The summed E-state index contributed by atoms with van der Waals surface area (Å²) in [5.74, 6) is 0. The maximum absolute atomic E-state index is 2.59. The molecule has 0 saturated carbocycles. The third-order valence-corrected chi connectivity index (χ3v) is 3.77. The molecule has 1 saturated heterocycles. The van der Waals surface area contributed by atoms with E-state index in [0.29, 0.717) is 0 Å². The Hall–Kier alpha value is -1.24. The summed E-state index contributed by atoms with van der Waals surface area (Å²) in [7, 11) is 0. The molecule has 0 spiro atoms. The lowest BCUT2D eigenvalue weighted by Crippen LogP contribution is -2.18. The smallest absolute Gasteiger partial charge is 0.0175 e. The van der Waals surface area contributed by atoms with Crippen molar-refractivity contribution in [3.05, 3.63) is 41.1 Å². The van der Waals surface area contributed by atoms with Gasteiger partial charge in [0.25, 0.3) is 0 Å². The molecule has 1 heteroatoms. The van der Waals surface area contributed by atoms with Crippen LogP contribution in [0.1, 0.15) is 36.8 Å². The zero-order valence-electron chi connectivity index (χ0n) is 9.78. The fourth-order valence-corrected chi connectivity index (χ4v) is 2.87. The van der Waals surface area contributed by atoms with E-state index in [4.69, 9.17) is 0 Å². The summed E-state index contributed by atoms with van der Waals surface area (Å²) >= 11 is 0. The fourth-order valence-electron chi connectivity index (χ4n) is 2.87. The van der Waals surface area contributed by atoms with Crippen LogP contribution in [0.4, 0.5) is 0 Å². The molecule has 16 heavy (non-hydrogen) atoms. The summed E-state index contributed by atoms with van der Waals surface area (Å²) in [4.78, 5) is 2.59. The Labute approximate surface area is 97.8 Å². The summed E-state index contributed by atoms with van der Waals surface area (Å²) in [5, 5.41) is 0. The largest absolute Gasteiger partial charge is 0.375 e.